The molecule has 0 aromatic rings. The van der Waals surface area contributed by atoms with Gasteiger partial charge in [-0.1, -0.05) is 0 Å². The van der Waals surface area contributed by atoms with Gasteiger partial charge in [-0.25, -0.2) is 0 Å². The van der Waals surface area contributed by atoms with Gasteiger partial charge in [-0.05, 0) is 6.92 Å². The van der Waals surface area contributed by atoms with Gasteiger partial charge in [0.1, 0.15) is 6.54 Å². The summed E-state index contributed by atoms with van der Waals surface area (Å²) in [5.41, 5.74) is 0. The molecular formula is C17H35NO6. The van der Waals surface area contributed by atoms with Gasteiger partial charge in [0, 0.05) is 38.9 Å². The van der Waals surface area contributed by atoms with E-state index >= 15 is 0 Å². The third-order valence-corrected chi connectivity index (χ3v) is 3.88. The minimum Gasteiger partial charge on any atom is -0.550 e. The number of carbonyl (C=O) groups excluding carboxylic acids is 1. The minimum atomic E-state index is -1.10. The summed E-state index contributed by atoms with van der Waals surface area (Å²) in [5.74, 6) is -1.10. The number of likely N-dealkylation sites (N-methyl/N-ethyl adjacent to an activating group) is 1. The van der Waals surface area contributed by atoms with Crippen molar-refractivity contribution in [1.29, 1.82) is 0 Å². The predicted molar refractivity (Wildman–Crippen MR) is 89.7 cm³/mol. The molecule has 0 spiro atoms. The van der Waals surface area contributed by atoms with Crippen LogP contribution in [0, 0.1) is 0 Å². The summed E-state index contributed by atoms with van der Waals surface area (Å²) >= 11 is 0. The maximum Gasteiger partial charge on any atom is 0.102 e. The Bertz CT molecular complexity index is 295. The number of hydrogen-bond acceptors (Lipinski definition) is 6. The summed E-state index contributed by atoms with van der Waals surface area (Å²) in [5, 5.41) is 9.93. The smallest absolute Gasteiger partial charge is 0.102 e. The fourth-order valence-electron chi connectivity index (χ4n) is 2.37. The number of rotatable bonds is 13. The first-order chi connectivity index (χ1) is 11.5. The first-order valence-corrected chi connectivity index (χ1v) is 8.79. The monoisotopic (exact) mass is 349 g/mol. The highest BCUT2D eigenvalue weighted by molar-refractivity contribution is 5.64. The molecule has 0 amide bonds. The Balaban J connectivity index is 0.000000446. The molecule has 144 valence electrons. The largest absolute Gasteiger partial charge is 0.550 e. The van der Waals surface area contributed by atoms with Crippen molar-refractivity contribution in [3.05, 3.63) is 0 Å². The van der Waals surface area contributed by atoms with Crippen molar-refractivity contribution < 1.29 is 33.3 Å². The average molecular weight is 349 g/mol. The molecule has 7 nitrogen and oxygen atoms in total. The van der Waals surface area contributed by atoms with E-state index in [1.165, 1.54) is 37.0 Å². The van der Waals surface area contributed by atoms with Crippen LogP contribution in [0.15, 0.2) is 0 Å². The number of likely N-dealkylation sites (tertiary alicyclic amines) is 1. The van der Waals surface area contributed by atoms with Gasteiger partial charge in [-0.3, -0.25) is 0 Å². The van der Waals surface area contributed by atoms with E-state index in [2.05, 4.69) is 14.0 Å². The lowest BCUT2D eigenvalue weighted by atomic mass is 10.4. The van der Waals surface area contributed by atoms with Crippen molar-refractivity contribution in [3.8, 4) is 0 Å². The average Bonchev–Trinajstić information content (AvgIpc) is 2.97. The number of ether oxygens (including phenoxy) is 4. The van der Waals surface area contributed by atoms with Crippen LogP contribution in [0.2, 0.25) is 0 Å². The molecule has 1 aliphatic heterocycles. The third-order valence-electron chi connectivity index (χ3n) is 3.88. The van der Waals surface area contributed by atoms with E-state index in [0.29, 0.717) is 26.4 Å². The van der Waals surface area contributed by atoms with Crippen LogP contribution in [-0.4, -0.2) is 90.5 Å². The van der Waals surface area contributed by atoms with E-state index in [9.17, 15) is 9.90 Å². The quantitative estimate of drug-likeness (QED) is 0.346. The normalized spacial score (nSPS) is 15.8. The van der Waals surface area contributed by atoms with Gasteiger partial charge in [-0.15, -0.1) is 0 Å². The maximum atomic E-state index is 9.93. The second kappa shape index (κ2) is 15.8. The summed E-state index contributed by atoms with van der Waals surface area (Å²) in [6.07, 6.45) is 2.74. The van der Waals surface area contributed by atoms with Crippen LogP contribution < -0.4 is 5.11 Å². The first-order valence-electron chi connectivity index (χ1n) is 8.79. The van der Waals surface area contributed by atoms with Crippen molar-refractivity contribution in [1.82, 2.24) is 0 Å². The van der Waals surface area contributed by atoms with Gasteiger partial charge in [0.2, 0.25) is 0 Å². The topological polar surface area (TPSA) is 77.0 Å². The Hall–Kier alpha value is -0.730. The Morgan fingerprint density at radius 3 is 2.08 bits per heavy atom. The summed E-state index contributed by atoms with van der Waals surface area (Å²) in [6.45, 7) is 9.88. The van der Waals surface area contributed by atoms with E-state index in [1.807, 2.05) is 0 Å². The fourth-order valence-corrected chi connectivity index (χ4v) is 2.37. The standard InChI is InChI=1S/C9H20NO.C8H16O5/c1-3-11-9-8-10(2)6-4-5-7-10;1-11-4-5-13-7-6-12-3-2-8(9)10/h3-9H2,1-2H3;2-7H2,1H3,(H,9,10)/q+1;/p-1. The number of aliphatic carboxylic acids is 1. The molecule has 1 aliphatic rings. The van der Waals surface area contributed by atoms with Crippen molar-refractivity contribution >= 4 is 5.97 Å². The molecule has 1 heterocycles. The molecule has 0 bridgehead atoms. The Kier molecular flexibility index (Phi) is 15.3. The van der Waals surface area contributed by atoms with E-state index < -0.39 is 5.97 Å². The van der Waals surface area contributed by atoms with E-state index in [4.69, 9.17) is 18.9 Å². The molecule has 24 heavy (non-hydrogen) atoms. The van der Waals surface area contributed by atoms with Crippen LogP contribution in [0.25, 0.3) is 0 Å². The zero-order valence-electron chi connectivity index (χ0n) is 15.6. The van der Waals surface area contributed by atoms with Gasteiger partial charge in [-0.2, -0.15) is 0 Å². The molecule has 0 unspecified atom stereocenters. The molecule has 1 fully saturated rings. The van der Waals surface area contributed by atoms with Crippen LogP contribution in [0.1, 0.15) is 26.2 Å². The highest BCUT2D eigenvalue weighted by Gasteiger charge is 2.25. The van der Waals surface area contributed by atoms with Crippen molar-refractivity contribution in [3.63, 3.8) is 0 Å². The Morgan fingerprint density at radius 2 is 1.54 bits per heavy atom. The molecule has 0 aliphatic carbocycles. The number of carboxylic acid groups (broad SMARTS) is 1. The molecule has 0 radical (unpaired) electrons. The first kappa shape index (κ1) is 23.3. The number of carbonyl (C=O) groups is 1. The van der Waals surface area contributed by atoms with Crippen LogP contribution in [0.3, 0.4) is 0 Å². The maximum absolute atomic E-state index is 9.93. The van der Waals surface area contributed by atoms with E-state index in [1.54, 1.807) is 7.11 Å². The highest BCUT2D eigenvalue weighted by atomic mass is 16.5. The van der Waals surface area contributed by atoms with Gasteiger partial charge < -0.3 is 33.3 Å². The SMILES string of the molecule is CCOCC[N+]1(C)CCCC1.COCCOCCOCCC(=O)[O-]. The number of nitrogens with zero attached hydrogens (tertiary/aromatic N) is 1. The van der Waals surface area contributed by atoms with Crippen molar-refractivity contribution in [2.24, 2.45) is 0 Å². The van der Waals surface area contributed by atoms with Crippen LogP contribution in [0.4, 0.5) is 0 Å². The van der Waals surface area contributed by atoms with Gasteiger partial charge >= 0.3 is 0 Å². The second-order valence-corrected chi connectivity index (χ2v) is 6.03. The number of quaternary nitrogens is 1. The number of hydrogen-bond donors (Lipinski definition) is 0. The summed E-state index contributed by atoms with van der Waals surface area (Å²) in [7, 11) is 3.94. The zero-order valence-corrected chi connectivity index (χ0v) is 15.6. The molecule has 0 aromatic carbocycles. The lowest BCUT2D eigenvalue weighted by molar-refractivity contribution is -0.898. The minimum absolute atomic E-state index is 0.0714. The second-order valence-electron chi connectivity index (χ2n) is 6.03. The van der Waals surface area contributed by atoms with E-state index in [0.717, 1.165) is 13.2 Å². The third kappa shape index (κ3) is 14.8. The summed E-state index contributed by atoms with van der Waals surface area (Å²) in [6, 6.07) is 0. The molecular weight excluding hydrogens is 314 g/mol. The Morgan fingerprint density at radius 1 is 0.958 bits per heavy atom. The molecule has 7 heteroatoms. The van der Waals surface area contributed by atoms with Gasteiger partial charge in [0.25, 0.3) is 0 Å². The van der Waals surface area contributed by atoms with Gasteiger partial charge in [0.15, 0.2) is 0 Å². The van der Waals surface area contributed by atoms with Crippen LogP contribution in [0.5, 0.6) is 0 Å². The molecule has 0 N–H and O–H groups in total. The van der Waals surface area contributed by atoms with E-state index in [-0.39, 0.29) is 13.0 Å². The lowest BCUT2D eigenvalue weighted by Crippen LogP contribution is -2.43. The molecule has 0 aromatic heterocycles. The number of methoxy groups -OCH3 is 1. The van der Waals surface area contributed by atoms with Crippen LogP contribution in [-0.2, 0) is 23.7 Å². The summed E-state index contributed by atoms with van der Waals surface area (Å²) < 4.78 is 21.3. The number of carboxylic acids is 1. The molecule has 1 rings (SSSR count). The fraction of sp³-hybridized carbons (Fsp3) is 0.941. The molecule has 0 saturated carbocycles. The van der Waals surface area contributed by atoms with Gasteiger partial charge in [0.05, 0.1) is 59.8 Å². The molecule has 0 atom stereocenters. The lowest BCUT2D eigenvalue weighted by Gasteiger charge is -2.28. The van der Waals surface area contributed by atoms with Crippen molar-refractivity contribution in [2.45, 2.75) is 26.2 Å². The van der Waals surface area contributed by atoms with Crippen molar-refractivity contribution in [2.75, 3.05) is 80.0 Å². The predicted octanol–water partition coefficient (Wildman–Crippen LogP) is 0.0693. The Labute approximate surface area is 146 Å². The zero-order chi connectivity index (χ0) is 18.1. The highest BCUT2D eigenvalue weighted by Crippen LogP contribution is 2.15. The van der Waals surface area contributed by atoms with Crippen LogP contribution >= 0.6 is 0 Å². The summed E-state index contributed by atoms with van der Waals surface area (Å²) in [4.78, 5) is 9.93. The molecule has 1 saturated heterocycles.